The molecule has 9 rings (SSSR count). The summed E-state index contributed by atoms with van der Waals surface area (Å²) in [6, 6.07) is 32.2. The zero-order chi connectivity index (χ0) is 28.3. The first-order valence-corrected chi connectivity index (χ1v) is 14.4. The van der Waals surface area contributed by atoms with E-state index in [0.717, 1.165) is 45.3 Å². The lowest BCUT2D eigenvalue weighted by atomic mass is 9.76. The summed E-state index contributed by atoms with van der Waals surface area (Å²) in [5.41, 5.74) is 9.05. The first-order valence-electron chi connectivity index (χ1n) is 14.4. The second-order valence-corrected chi connectivity index (χ2v) is 12.0. The van der Waals surface area contributed by atoms with E-state index >= 15 is 0 Å². The molecule has 202 valence electrons. The molecule has 0 spiro atoms. The second-order valence-electron chi connectivity index (χ2n) is 12.0. The van der Waals surface area contributed by atoms with Gasteiger partial charge in [-0.25, -0.2) is 9.97 Å². The van der Waals surface area contributed by atoms with Gasteiger partial charge in [0.1, 0.15) is 23.0 Å². The molecule has 5 nitrogen and oxygen atoms in total. The summed E-state index contributed by atoms with van der Waals surface area (Å²) in [5.74, 6) is 2.56. The second kappa shape index (κ2) is 7.98. The Labute approximate surface area is 242 Å². The van der Waals surface area contributed by atoms with Gasteiger partial charge >= 0.3 is 0 Å². The molecule has 8 aromatic rings. The number of fused-ring (bicyclic) bond motifs is 11. The van der Waals surface area contributed by atoms with Crippen LogP contribution in [0, 0.1) is 13.8 Å². The highest BCUT2D eigenvalue weighted by Gasteiger charge is 2.35. The number of imidazole rings is 1. The number of aryl methyl sites for hydroxylation is 2. The monoisotopic (exact) mass is 544 g/mol. The Morgan fingerprint density at radius 2 is 1.40 bits per heavy atom. The van der Waals surface area contributed by atoms with Gasteiger partial charge in [-0.3, -0.25) is 8.97 Å². The molecule has 0 aliphatic carbocycles. The van der Waals surface area contributed by atoms with Crippen LogP contribution in [-0.4, -0.2) is 18.9 Å². The fraction of sp³-hybridized carbons (Fsp3) is 0.135. The van der Waals surface area contributed by atoms with Gasteiger partial charge in [-0.2, -0.15) is 0 Å². The van der Waals surface area contributed by atoms with Crippen LogP contribution in [0.2, 0.25) is 0 Å². The van der Waals surface area contributed by atoms with Crippen molar-refractivity contribution in [3.05, 3.63) is 120 Å². The third-order valence-electron chi connectivity index (χ3n) is 9.35. The lowest BCUT2D eigenvalue weighted by Gasteiger charge is -2.33. The average molecular weight is 545 g/mol. The zero-order valence-corrected chi connectivity index (χ0v) is 23.9. The van der Waals surface area contributed by atoms with Crippen molar-refractivity contribution in [3.63, 3.8) is 0 Å². The summed E-state index contributed by atoms with van der Waals surface area (Å²) in [5, 5.41) is 5.90. The molecule has 0 amide bonds. The van der Waals surface area contributed by atoms with E-state index in [1.54, 1.807) is 0 Å². The van der Waals surface area contributed by atoms with Gasteiger partial charge in [-0.1, -0.05) is 56.3 Å². The van der Waals surface area contributed by atoms with Crippen molar-refractivity contribution in [1.29, 1.82) is 0 Å². The molecular formula is C37H28N4O. The van der Waals surface area contributed by atoms with Crippen LogP contribution >= 0.6 is 0 Å². The van der Waals surface area contributed by atoms with Crippen molar-refractivity contribution in [2.75, 3.05) is 0 Å². The van der Waals surface area contributed by atoms with Crippen LogP contribution in [0.3, 0.4) is 0 Å². The average Bonchev–Trinajstić information content (AvgIpc) is 3.50. The molecular weight excluding hydrogens is 516 g/mol. The van der Waals surface area contributed by atoms with Crippen LogP contribution in [-0.2, 0) is 5.41 Å². The molecule has 0 radical (unpaired) electrons. The first kappa shape index (κ1) is 23.5. The molecule has 5 heterocycles. The summed E-state index contributed by atoms with van der Waals surface area (Å²) >= 11 is 0. The molecule has 5 heteroatoms. The Kier molecular flexibility index (Phi) is 4.47. The summed E-state index contributed by atoms with van der Waals surface area (Å²) in [6.07, 6.45) is 1.89. The Balaban J connectivity index is 1.25. The fourth-order valence-corrected chi connectivity index (χ4v) is 7.17. The molecule has 1 aliphatic heterocycles. The Morgan fingerprint density at radius 3 is 2.29 bits per heavy atom. The Bertz CT molecular complexity index is 2440. The minimum absolute atomic E-state index is 0.142. The minimum Gasteiger partial charge on any atom is -0.457 e. The minimum atomic E-state index is -0.142. The van der Waals surface area contributed by atoms with E-state index in [2.05, 4.69) is 122 Å². The number of aromatic nitrogens is 4. The van der Waals surface area contributed by atoms with Crippen LogP contribution in [0.4, 0.5) is 0 Å². The molecule has 1 aliphatic rings. The molecule has 42 heavy (non-hydrogen) atoms. The van der Waals surface area contributed by atoms with Crippen LogP contribution in [0.5, 0.6) is 11.5 Å². The summed E-state index contributed by atoms with van der Waals surface area (Å²) in [7, 11) is 0. The van der Waals surface area contributed by atoms with E-state index in [1.165, 1.54) is 43.7 Å². The van der Waals surface area contributed by atoms with Gasteiger partial charge in [0.05, 0.1) is 22.2 Å². The number of ether oxygens (including phenoxy) is 1. The van der Waals surface area contributed by atoms with Crippen molar-refractivity contribution >= 4 is 49.1 Å². The number of hydrogen-bond donors (Lipinski definition) is 0. The predicted octanol–water partition coefficient (Wildman–Crippen LogP) is 9.18. The molecule has 4 aromatic heterocycles. The number of nitrogens with zero attached hydrogens (tertiary/aromatic N) is 4. The van der Waals surface area contributed by atoms with Gasteiger partial charge in [-0.05, 0) is 67.3 Å². The molecule has 0 saturated carbocycles. The van der Waals surface area contributed by atoms with E-state index in [0.29, 0.717) is 0 Å². The molecule has 0 N–H and O–H groups in total. The summed E-state index contributed by atoms with van der Waals surface area (Å²) < 4.78 is 11.2. The quantitative estimate of drug-likeness (QED) is 0.204. The van der Waals surface area contributed by atoms with Gasteiger partial charge < -0.3 is 4.74 Å². The van der Waals surface area contributed by atoms with Gasteiger partial charge in [0.15, 0.2) is 0 Å². The maximum Gasteiger partial charge on any atom is 0.145 e. The standard InChI is InChI=1S/C37H28N4O/c1-21-22(2)40-32-13-6-5-9-26(32)25-16-14-23(19-29(25)35(40)39-21)42-24-15-17-27-28-10-7-11-30-34(28)41(33(27)20-24)36-31(37(30,3)4)12-8-18-38-36/h5-20H,1-4H3. The molecule has 0 bridgehead atoms. The highest BCUT2D eigenvalue weighted by molar-refractivity contribution is 6.13. The van der Waals surface area contributed by atoms with Crippen molar-refractivity contribution in [1.82, 2.24) is 18.9 Å². The topological polar surface area (TPSA) is 44.3 Å². The largest absolute Gasteiger partial charge is 0.457 e. The van der Waals surface area contributed by atoms with E-state index < -0.39 is 0 Å². The van der Waals surface area contributed by atoms with Gasteiger partial charge in [0.25, 0.3) is 0 Å². The third-order valence-corrected chi connectivity index (χ3v) is 9.35. The maximum absolute atomic E-state index is 6.59. The van der Waals surface area contributed by atoms with Crippen LogP contribution in [0.25, 0.3) is 54.9 Å². The number of benzene rings is 4. The summed E-state index contributed by atoms with van der Waals surface area (Å²) in [4.78, 5) is 9.86. The van der Waals surface area contributed by atoms with Crippen molar-refractivity contribution in [3.8, 4) is 17.3 Å². The highest BCUT2D eigenvalue weighted by Crippen LogP contribution is 2.47. The lowest BCUT2D eigenvalue weighted by Crippen LogP contribution is -2.26. The van der Waals surface area contributed by atoms with Crippen LogP contribution in [0.1, 0.15) is 36.4 Å². The molecule has 4 aromatic carbocycles. The molecule has 0 unspecified atom stereocenters. The normalized spacial score (nSPS) is 13.9. The van der Waals surface area contributed by atoms with E-state index in [1.807, 2.05) is 12.3 Å². The van der Waals surface area contributed by atoms with Crippen LogP contribution < -0.4 is 4.74 Å². The van der Waals surface area contributed by atoms with Crippen molar-refractivity contribution in [2.24, 2.45) is 0 Å². The van der Waals surface area contributed by atoms with Crippen molar-refractivity contribution in [2.45, 2.75) is 33.1 Å². The summed E-state index contributed by atoms with van der Waals surface area (Å²) in [6.45, 7) is 8.80. The highest BCUT2D eigenvalue weighted by atomic mass is 16.5. The number of hydrogen-bond acceptors (Lipinski definition) is 3. The van der Waals surface area contributed by atoms with Crippen molar-refractivity contribution < 1.29 is 4.74 Å². The SMILES string of the molecule is Cc1nc2c3cc(Oc4ccc5c6cccc7c6n(c5c4)-c4ncccc4C7(C)C)ccc3c3ccccc3n2c1C. The fourth-order valence-electron chi connectivity index (χ4n) is 7.17. The predicted molar refractivity (Wildman–Crippen MR) is 170 cm³/mol. The number of rotatable bonds is 2. The van der Waals surface area contributed by atoms with Gasteiger partial charge in [-0.15, -0.1) is 0 Å². The number of pyridine rings is 2. The van der Waals surface area contributed by atoms with E-state index in [4.69, 9.17) is 14.7 Å². The number of para-hydroxylation sites is 2. The molecule has 0 saturated heterocycles. The lowest BCUT2D eigenvalue weighted by molar-refractivity contribution is 0.484. The maximum atomic E-state index is 6.59. The smallest absolute Gasteiger partial charge is 0.145 e. The third kappa shape index (κ3) is 2.92. The molecule has 0 atom stereocenters. The van der Waals surface area contributed by atoms with E-state index in [-0.39, 0.29) is 5.41 Å². The van der Waals surface area contributed by atoms with Gasteiger partial charge in [0, 0.05) is 50.5 Å². The Hall–Kier alpha value is -5.16. The zero-order valence-electron chi connectivity index (χ0n) is 23.9. The van der Waals surface area contributed by atoms with Crippen LogP contribution in [0.15, 0.2) is 97.2 Å². The first-order chi connectivity index (χ1) is 20.4. The van der Waals surface area contributed by atoms with E-state index in [9.17, 15) is 0 Å². The molecule has 0 fully saturated rings. The Morgan fingerprint density at radius 1 is 0.667 bits per heavy atom. The van der Waals surface area contributed by atoms with Gasteiger partial charge in [0.2, 0.25) is 0 Å².